The quantitative estimate of drug-likeness (QED) is 0.558. The van der Waals surface area contributed by atoms with Crippen molar-refractivity contribution in [2.75, 3.05) is 17.2 Å². The van der Waals surface area contributed by atoms with Crippen LogP contribution in [0.3, 0.4) is 0 Å². The number of hydrogen-bond acceptors (Lipinski definition) is 3. The van der Waals surface area contributed by atoms with Gasteiger partial charge in [-0.2, -0.15) is 0 Å². The van der Waals surface area contributed by atoms with Gasteiger partial charge >= 0.3 is 0 Å². The summed E-state index contributed by atoms with van der Waals surface area (Å²) in [4.78, 5) is 24.8. The Morgan fingerprint density at radius 3 is 2.31 bits per heavy atom. The largest absolute Gasteiger partial charge is 0.376 e. The van der Waals surface area contributed by atoms with Gasteiger partial charge in [-0.1, -0.05) is 54.1 Å². The molecular weight excluding hydrogens is 362 g/mol. The second-order valence-corrected chi connectivity index (χ2v) is 6.95. The number of amides is 2. The Labute approximate surface area is 171 Å². The van der Waals surface area contributed by atoms with Gasteiger partial charge in [0.05, 0.1) is 12.6 Å². The van der Waals surface area contributed by atoms with Crippen LogP contribution in [0.5, 0.6) is 0 Å². The van der Waals surface area contributed by atoms with Crippen molar-refractivity contribution in [2.45, 2.75) is 19.9 Å². The Morgan fingerprint density at radius 2 is 1.59 bits per heavy atom. The molecule has 3 aromatic carbocycles. The van der Waals surface area contributed by atoms with Crippen molar-refractivity contribution in [1.82, 2.24) is 5.32 Å². The standard InChI is InChI=1S/C24H25N3O2/c1-17-11-13-21(14-12-17)25-16-23(28)27-22-10-6-9-20(15-22)24(29)26-18(2)19-7-4-3-5-8-19/h3-15,18,25H,16H2,1-2H3,(H,26,29)(H,27,28). The summed E-state index contributed by atoms with van der Waals surface area (Å²) in [7, 11) is 0. The molecule has 0 bridgehead atoms. The third kappa shape index (κ3) is 5.94. The van der Waals surface area contributed by atoms with E-state index in [-0.39, 0.29) is 24.4 Å². The first-order chi connectivity index (χ1) is 14.0. The number of carbonyl (C=O) groups is 2. The van der Waals surface area contributed by atoms with Gasteiger partial charge in [-0.15, -0.1) is 0 Å². The van der Waals surface area contributed by atoms with Crippen LogP contribution in [0.4, 0.5) is 11.4 Å². The zero-order valence-electron chi connectivity index (χ0n) is 16.6. The molecule has 0 saturated carbocycles. The molecule has 0 aliphatic heterocycles. The molecule has 0 aliphatic carbocycles. The highest BCUT2D eigenvalue weighted by Crippen LogP contribution is 2.15. The predicted molar refractivity (Wildman–Crippen MR) is 117 cm³/mol. The van der Waals surface area contributed by atoms with E-state index in [4.69, 9.17) is 0 Å². The summed E-state index contributed by atoms with van der Waals surface area (Å²) in [6, 6.07) is 24.4. The van der Waals surface area contributed by atoms with E-state index in [1.165, 1.54) is 0 Å². The van der Waals surface area contributed by atoms with Crippen LogP contribution in [-0.4, -0.2) is 18.4 Å². The molecule has 0 saturated heterocycles. The molecule has 5 heteroatoms. The van der Waals surface area contributed by atoms with E-state index in [1.807, 2.05) is 68.4 Å². The Balaban J connectivity index is 1.56. The summed E-state index contributed by atoms with van der Waals surface area (Å²) >= 11 is 0. The summed E-state index contributed by atoms with van der Waals surface area (Å²) < 4.78 is 0. The Hall–Kier alpha value is -3.60. The third-order valence-corrected chi connectivity index (χ3v) is 4.56. The van der Waals surface area contributed by atoms with Gasteiger partial charge in [-0.05, 0) is 49.7 Å². The minimum atomic E-state index is -0.185. The van der Waals surface area contributed by atoms with Gasteiger partial charge in [0.15, 0.2) is 0 Å². The third-order valence-electron chi connectivity index (χ3n) is 4.56. The predicted octanol–water partition coefficient (Wildman–Crippen LogP) is 4.54. The van der Waals surface area contributed by atoms with E-state index >= 15 is 0 Å². The molecule has 1 unspecified atom stereocenters. The molecule has 0 aliphatic rings. The van der Waals surface area contributed by atoms with Crippen LogP contribution in [0.1, 0.15) is 34.5 Å². The van der Waals surface area contributed by atoms with Crippen LogP contribution in [0.15, 0.2) is 78.9 Å². The minimum Gasteiger partial charge on any atom is -0.376 e. The van der Waals surface area contributed by atoms with Crippen molar-refractivity contribution < 1.29 is 9.59 Å². The molecule has 3 rings (SSSR count). The van der Waals surface area contributed by atoms with Crippen molar-refractivity contribution in [1.29, 1.82) is 0 Å². The van der Waals surface area contributed by atoms with Crippen LogP contribution in [-0.2, 0) is 4.79 Å². The number of benzene rings is 3. The van der Waals surface area contributed by atoms with Gasteiger partial charge in [0, 0.05) is 16.9 Å². The second-order valence-electron chi connectivity index (χ2n) is 6.95. The highest BCUT2D eigenvalue weighted by atomic mass is 16.2. The van der Waals surface area contributed by atoms with E-state index in [0.29, 0.717) is 11.3 Å². The smallest absolute Gasteiger partial charge is 0.251 e. The molecule has 2 amide bonds. The lowest BCUT2D eigenvalue weighted by molar-refractivity contribution is -0.114. The van der Waals surface area contributed by atoms with Crippen LogP contribution >= 0.6 is 0 Å². The van der Waals surface area contributed by atoms with Crippen molar-refractivity contribution >= 4 is 23.2 Å². The average Bonchev–Trinajstić information content (AvgIpc) is 2.74. The fourth-order valence-electron chi connectivity index (χ4n) is 2.90. The molecule has 148 valence electrons. The lowest BCUT2D eigenvalue weighted by atomic mass is 10.1. The van der Waals surface area contributed by atoms with E-state index in [0.717, 1.165) is 16.8 Å². The second kappa shape index (κ2) is 9.55. The number of anilines is 2. The van der Waals surface area contributed by atoms with Gasteiger partial charge < -0.3 is 16.0 Å². The van der Waals surface area contributed by atoms with Gasteiger partial charge in [-0.3, -0.25) is 9.59 Å². The van der Waals surface area contributed by atoms with Gasteiger partial charge in [0.1, 0.15) is 0 Å². The summed E-state index contributed by atoms with van der Waals surface area (Å²) in [5, 5.41) is 8.88. The van der Waals surface area contributed by atoms with Crippen molar-refractivity contribution in [3.8, 4) is 0 Å². The summed E-state index contributed by atoms with van der Waals surface area (Å²) in [6.07, 6.45) is 0. The van der Waals surface area contributed by atoms with E-state index in [9.17, 15) is 9.59 Å². The van der Waals surface area contributed by atoms with Crippen LogP contribution in [0, 0.1) is 6.92 Å². The summed E-state index contributed by atoms with van der Waals surface area (Å²) in [6.45, 7) is 4.10. The lowest BCUT2D eigenvalue weighted by Gasteiger charge is -2.15. The number of aryl methyl sites for hydroxylation is 1. The Morgan fingerprint density at radius 1 is 0.862 bits per heavy atom. The van der Waals surface area contributed by atoms with Gasteiger partial charge in [0.25, 0.3) is 5.91 Å². The molecule has 29 heavy (non-hydrogen) atoms. The number of rotatable bonds is 7. The molecule has 0 radical (unpaired) electrons. The zero-order valence-corrected chi connectivity index (χ0v) is 16.6. The molecule has 3 N–H and O–H groups in total. The summed E-state index contributed by atoms with van der Waals surface area (Å²) in [5.74, 6) is -0.365. The molecule has 3 aromatic rings. The number of nitrogens with one attached hydrogen (secondary N) is 3. The number of hydrogen-bond donors (Lipinski definition) is 3. The highest BCUT2D eigenvalue weighted by molar-refractivity contribution is 5.98. The van der Waals surface area contributed by atoms with Crippen molar-refractivity contribution in [3.63, 3.8) is 0 Å². The first-order valence-electron chi connectivity index (χ1n) is 9.57. The van der Waals surface area contributed by atoms with Gasteiger partial charge in [0.2, 0.25) is 5.91 Å². The highest BCUT2D eigenvalue weighted by Gasteiger charge is 2.12. The Kier molecular flexibility index (Phi) is 6.63. The van der Waals surface area contributed by atoms with Gasteiger partial charge in [-0.25, -0.2) is 0 Å². The molecule has 0 spiro atoms. The molecular formula is C24H25N3O2. The maximum absolute atomic E-state index is 12.6. The minimum absolute atomic E-state index is 0.111. The van der Waals surface area contributed by atoms with E-state index < -0.39 is 0 Å². The maximum atomic E-state index is 12.6. The maximum Gasteiger partial charge on any atom is 0.251 e. The van der Waals surface area contributed by atoms with E-state index in [1.54, 1.807) is 24.3 Å². The van der Waals surface area contributed by atoms with Crippen LogP contribution < -0.4 is 16.0 Å². The normalized spacial score (nSPS) is 11.4. The molecule has 0 aromatic heterocycles. The molecule has 1 atom stereocenters. The molecule has 5 nitrogen and oxygen atoms in total. The zero-order chi connectivity index (χ0) is 20.6. The van der Waals surface area contributed by atoms with Crippen LogP contribution in [0.2, 0.25) is 0 Å². The fraction of sp³-hybridized carbons (Fsp3) is 0.167. The molecule has 0 fully saturated rings. The lowest BCUT2D eigenvalue weighted by Crippen LogP contribution is -2.27. The average molecular weight is 387 g/mol. The first-order valence-corrected chi connectivity index (χ1v) is 9.57. The SMILES string of the molecule is Cc1ccc(NCC(=O)Nc2cccc(C(=O)NC(C)c3ccccc3)c2)cc1. The first kappa shape index (κ1) is 20.1. The monoisotopic (exact) mass is 387 g/mol. The Bertz CT molecular complexity index is 969. The van der Waals surface area contributed by atoms with Crippen molar-refractivity contribution in [2.24, 2.45) is 0 Å². The number of carbonyl (C=O) groups excluding carboxylic acids is 2. The fourth-order valence-corrected chi connectivity index (χ4v) is 2.90. The molecule has 0 heterocycles. The van der Waals surface area contributed by atoms with Crippen molar-refractivity contribution in [3.05, 3.63) is 95.6 Å². The topological polar surface area (TPSA) is 70.2 Å². The van der Waals surface area contributed by atoms with E-state index in [2.05, 4.69) is 16.0 Å². The summed E-state index contributed by atoms with van der Waals surface area (Å²) in [5.41, 5.74) is 4.16. The van der Waals surface area contributed by atoms with Crippen LogP contribution in [0.25, 0.3) is 0 Å².